The van der Waals surface area contributed by atoms with Gasteiger partial charge in [0.15, 0.2) is 17.1 Å². The fourth-order valence-electron chi connectivity index (χ4n) is 1.77. The van der Waals surface area contributed by atoms with E-state index < -0.39 is 31.6 Å². The maximum Gasteiger partial charge on any atom is 0.358 e. The molecule has 0 radical (unpaired) electrons. The molecule has 0 aliphatic rings. The lowest BCUT2D eigenvalue weighted by molar-refractivity contribution is 0.0584. The number of carboxylic acids is 1. The summed E-state index contributed by atoms with van der Waals surface area (Å²) in [5.41, 5.74) is -0.417. The van der Waals surface area contributed by atoms with Gasteiger partial charge >= 0.3 is 17.9 Å². The van der Waals surface area contributed by atoms with Gasteiger partial charge in [0, 0.05) is 6.20 Å². The lowest BCUT2D eigenvalue weighted by Gasteiger charge is -1.99. The molecule has 0 atom stereocenters. The number of nitrogens with one attached hydrogen (secondary N) is 1. The number of hydrogen-bond donors (Lipinski definition) is 2. The zero-order chi connectivity index (χ0) is 26.9. The zero-order valence-corrected chi connectivity index (χ0v) is 18.6. The molecule has 0 saturated carbocycles. The number of carbonyl (C=O) groups is 3. The molecule has 3 aromatic rings. The lowest BCUT2D eigenvalue weighted by atomic mass is 10.5. The first-order valence-corrected chi connectivity index (χ1v) is 9.21. The number of rotatable bonds is 7. The fraction of sp³-hybridized carbons (Fsp3) is 0.211. The summed E-state index contributed by atoms with van der Waals surface area (Å²) in [7, 11) is 2.48. The number of aromatic carboxylic acids is 1. The Hall–Kier alpha value is -5.09. The number of aromatic amines is 1. The minimum Gasteiger partial charge on any atom is -0.476 e. The molecule has 0 aromatic carbocycles. The second kappa shape index (κ2) is 15.7. The maximum atomic E-state index is 11.6. The molecule has 0 aliphatic heterocycles. The molecule has 0 bridgehead atoms. The van der Waals surface area contributed by atoms with Crippen molar-refractivity contribution in [2.75, 3.05) is 27.9 Å². The van der Waals surface area contributed by atoms with E-state index in [1.165, 1.54) is 20.4 Å². The molecule has 3 rings (SSSR count). The topological polar surface area (TPSA) is 206 Å². The highest BCUT2D eigenvalue weighted by atomic mass is 19.1. The standard InChI is InChI=1S/C7H7FN2O3.C6H5FN2O3.C6H6N2O3/c1-12-7(11)5-2-10-6(3-9-5)13-4-8;7-3-12-5-2-8-4(1-9-5)6(10)11;1-11-6(10)4-2-8-5(9)3-7-4/h2-3H,4H2,1H3;1-2H,3H2,(H,10,11);2-3H,1H3,(H,8,9). The highest BCUT2D eigenvalue weighted by Crippen LogP contribution is 2.05. The molecule has 192 valence electrons. The summed E-state index contributed by atoms with van der Waals surface area (Å²) in [6.45, 7) is -1.99. The van der Waals surface area contributed by atoms with E-state index in [4.69, 9.17) is 5.11 Å². The largest absolute Gasteiger partial charge is 0.476 e. The predicted molar refractivity (Wildman–Crippen MR) is 112 cm³/mol. The third-order valence-corrected chi connectivity index (χ3v) is 3.34. The van der Waals surface area contributed by atoms with E-state index in [1.807, 2.05) is 0 Å². The van der Waals surface area contributed by atoms with Crippen molar-refractivity contribution in [3.63, 3.8) is 0 Å². The van der Waals surface area contributed by atoms with Gasteiger partial charge in [0.25, 0.3) is 5.56 Å². The average molecular weight is 512 g/mol. The summed E-state index contributed by atoms with van der Waals surface area (Å²) >= 11 is 0. The van der Waals surface area contributed by atoms with Crippen LogP contribution >= 0.6 is 0 Å². The van der Waals surface area contributed by atoms with Gasteiger partial charge in [-0.05, 0) is 0 Å². The van der Waals surface area contributed by atoms with Crippen LogP contribution in [0.3, 0.4) is 0 Å². The van der Waals surface area contributed by atoms with Crippen LogP contribution < -0.4 is 15.0 Å². The Morgan fingerprint density at radius 3 is 1.61 bits per heavy atom. The summed E-state index contributed by atoms with van der Waals surface area (Å²) in [6, 6.07) is 0. The molecular weight excluding hydrogens is 494 g/mol. The van der Waals surface area contributed by atoms with E-state index >= 15 is 0 Å². The van der Waals surface area contributed by atoms with Crippen molar-refractivity contribution in [2.24, 2.45) is 0 Å². The van der Waals surface area contributed by atoms with Crippen molar-refractivity contribution in [3.05, 3.63) is 64.6 Å². The van der Waals surface area contributed by atoms with Gasteiger partial charge in [-0.25, -0.2) is 48.1 Å². The maximum absolute atomic E-state index is 11.6. The molecule has 0 amide bonds. The van der Waals surface area contributed by atoms with Gasteiger partial charge in [-0.2, -0.15) is 0 Å². The molecule has 36 heavy (non-hydrogen) atoms. The monoisotopic (exact) mass is 512 g/mol. The number of esters is 2. The molecule has 0 saturated heterocycles. The van der Waals surface area contributed by atoms with E-state index in [0.717, 1.165) is 31.0 Å². The number of aromatic nitrogens is 6. The van der Waals surface area contributed by atoms with Gasteiger partial charge in [-0.1, -0.05) is 0 Å². The summed E-state index contributed by atoms with van der Waals surface area (Å²) < 4.78 is 40.6. The molecule has 15 nitrogen and oxygen atoms in total. The van der Waals surface area contributed by atoms with Crippen LogP contribution in [0.5, 0.6) is 11.8 Å². The minimum atomic E-state index is -1.19. The van der Waals surface area contributed by atoms with Crippen LogP contribution in [-0.4, -0.2) is 80.9 Å². The number of ether oxygens (including phenoxy) is 4. The first-order chi connectivity index (χ1) is 17.2. The predicted octanol–water partition coefficient (Wildman–Crippen LogP) is 0.606. The number of carbonyl (C=O) groups excluding carboxylic acids is 2. The minimum absolute atomic E-state index is 0.0233. The van der Waals surface area contributed by atoms with Crippen molar-refractivity contribution in [3.8, 4) is 11.8 Å². The van der Waals surface area contributed by atoms with E-state index in [-0.39, 0.29) is 34.4 Å². The molecule has 0 fully saturated rings. The number of nitrogens with zero attached hydrogens (tertiary/aromatic N) is 5. The highest BCUT2D eigenvalue weighted by molar-refractivity contribution is 5.87. The summed E-state index contributed by atoms with van der Waals surface area (Å²) in [5.74, 6) is -2.37. The summed E-state index contributed by atoms with van der Waals surface area (Å²) in [6.07, 6.45) is 6.56. The Morgan fingerprint density at radius 2 is 1.25 bits per heavy atom. The summed E-state index contributed by atoms with van der Waals surface area (Å²) in [4.78, 5) is 62.3. The van der Waals surface area contributed by atoms with Crippen LogP contribution in [0.15, 0.2) is 42.0 Å². The Labute approximate surface area is 200 Å². The van der Waals surface area contributed by atoms with Gasteiger partial charge in [0.05, 0.1) is 45.2 Å². The Morgan fingerprint density at radius 1 is 0.778 bits per heavy atom. The van der Waals surface area contributed by atoms with Gasteiger partial charge in [0.2, 0.25) is 25.5 Å². The van der Waals surface area contributed by atoms with Gasteiger partial charge in [0.1, 0.15) is 0 Å². The van der Waals surface area contributed by atoms with Crippen LogP contribution in [0.25, 0.3) is 0 Å². The fourth-order valence-corrected chi connectivity index (χ4v) is 1.77. The SMILES string of the molecule is COC(=O)c1c[nH]c(=O)cn1.COC(=O)c1cnc(OCF)cn1.O=C(O)c1cnc(OCF)cn1. The molecule has 3 aromatic heterocycles. The van der Waals surface area contributed by atoms with Crippen molar-refractivity contribution in [2.45, 2.75) is 0 Å². The Balaban J connectivity index is 0.000000271. The van der Waals surface area contributed by atoms with Crippen LogP contribution in [0.1, 0.15) is 31.5 Å². The summed E-state index contributed by atoms with van der Waals surface area (Å²) in [5, 5.41) is 8.39. The van der Waals surface area contributed by atoms with E-state index in [1.54, 1.807) is 0 Å². The second-order valence-electron chi connectivity index (χ2n) is 5.57. The Kier molecular flexibility index (Phi) is 12.6. The Bertz CT molecular complexity index is 1160. The van der Waals surface area contributed by atoms with E-state index in [0.29, 0.717) is 0 Å². The first-order valence-electron chi connectivity index (χ1n) is 9.21. The molecule has 0 spiro atoms. The molecule has 0 aliphatic carbocycles. The smallest absolute Gasteiger partial charge is 0.358 e. The number of hydrogen-bond acceptors (Lipinski definition) is 13. The third kappa shape index (κ3) is 10.2. The molecule has 3 heterocycles. The van der Waals surface area contributed by atoms with Crippen molar-refractivity contribution >= 4 is 17.9 Å². The number of methoxy groups -OCH3 is 2. The van der Waals surface area contributed by atoms with Crippen LogP contribution in [-0.2, 0) is 9.47 Å². The van der Waals surface area contributed by atoms with Crippen molar-refractivity contribution in [1.29, 1.82) is 0 Å². The second-order valence-corrected chi connectivity index (χ2v) is 5.57. The lowest BCUT2D eigenvalue weighted by Crippen LogP contribution is -2.11. The number of halogens is 2. The van der Waals surface area contributed by atoms with E-state index in [9.17, 15) is 28.0 Å². The van der Waals surface area contributed by atoms with Gasteiger partial charge < -0.3 is 29.0 Å². The quantitative estimate of drug-likeness (QED) is 0.416. The van der Waals surface area contributed by atoms with Gasteiger partial charge in [-0.15, -0.1) is 0 Å². The normalized spacial score (nSPS) is 9.33. The molecular formula is C19H18F2N6O9. The van der Waals surface area contributed by atoms with E-state index in [2.05, 4.69) is 48.9 Å². The van der Waals surface area contributed by atoms with Gasteiger partial charge in [-0.3, -0.25) is 4.79 Å². The first kappa shape index (κ1) is 28.9. The van der Waals surface area contributed by atoms with Crippen LogP contribution in [0, 0.1) is 0 Å². The zero-order valence-electron chi connectivity index (χ0n) is 18.6. The van der Waals surface area contributed by atoms with Crippen molar-refractivity contribution < 1.29 is 47.2 Å². The number of H-pyrrole nitrogens is 1. The highest BCUT2D eigenvalue weighted by Gasteiger charge is 2.07. The van der Waals surface area contributed by atoms with Crippen molar-refractivity contribution in [1.82, 2.24) is 29.9 Å². The molecule has 17 heteroatoms. The van der Waals surface area contributed by atoms with Crippen LogP contribution in [0.2, 0.25) is 0 Å². The van der Waals surface area contributed by atoms with Crippen LogP contribution in [0.4, 0.5) is 8.78 Å². The third-order valence-electron chi connectivity index (χ3n) is 3.34. The average Bonchev–Trinajstić information content (AvgIpc) is 2.90. The number of alkyl halides is 2. The number of carboxylic acid groups (broad SMARTS) is 1. The molecule has 2 N–H and O–H groups in total. The molecule has 0 unspecified atom stereocenters.